The quantitative estimate of drug-likeness (QED) is 0.136. The maximum Gasteiger partial charge on any atom is 0.345 e. The predicted octanol–water partition coefficient (Wildman–Crippen LogP) is 7.22. The van der Waals surface area contributed by atoms with E-state index in [2.05, 4.69) is 0 Å². The highest BCUT2D eigenvalue weighted by molar-refractivity contribution is 6.32. The maximum absolute atomic E-state index is 14.2. The fourth-order valence-corrected chi connectivity index (χ4v) is 5.22. The van der Waals surface area contributed by atoms with Gasteiger partial charge in [0.05, 0.1) is 22.3 Å². The molecular weight excluding hydrogens is 552 g/mol. The standard InChI is InChI=1S/C38H28O6/c1-21-5-13-25(14-6-21)33(39)31-29(37(41)43-35(31)27-17-9-23(3)10-18-27)30-32(34(40)26-15-7-22(2)8-16-26)36(44-38(30)42)28-19-11-24(4)12-20-28/h5-20H,1-4H3/b30-29-. The zero-order valence-electron chi connectivity index (χ0n) is 24.7. The Morgan fingerprint density at radius 2 is 0.705 bits per heavy atom. The minimum absolute atomic E-state index is 0.0156. The third-order valence-electron chi connectivity index (χ3n) is 7.71. The number of aryl methyl sites for hydroxylation is 4. The number of benzene rings is 4. The van der Waals surface area contributed by atoms with Gasteiger partial charge in [0.2, 0.25) is 0 Å². The van der Waals surface area contributed by atoms with E-state index in [-0.39, 0.29) is 33.8 Å². The topological polar surface area (TPSA) is 86.7 Å². The molecule has 2 aliphatic heterocycles. The second-order valence-electron chi connectivity index (χ2n) is 11.1. The van der Waals surface area contributed by atoms with Gasteiger partial charge in [-0.05, 0) is 27.7 Å². The summed E-state index contributed by atoms with van der Waals surface area (Å²) in [5.41, 5.74) is 4.60. The molecule has 0 bridgehead atoms. The molecule has 0 saturated carbocycles. The van der Waals surface area contributed by atoms with Crippen LogP contribution >= 0.6 is 0 Å². The van der Waals surface area contributed by atoms with Crippen LogP contribution in [-0.2, 0) is 19.1 Å². The van der Waals surface area contributed by atoms with Gasteiger partial charge in [0.1, 0.15) is 0 Å². The fourth-order valence-electron chi connectivity index (χ4n) is 5.22. The summed E-state index contributed by atoms with van der Waals surface area (Å²) < 4.78 is 11.5. The predicted molar refractivity (Wildman–Crippen MR) is 166 cm³/mol. The van der Waals surface area contributed by atoms with Gasteiger partial charge in [-0.1, -0.05) is 119 Å². The smallest absolute Gasteiger partial charge is 0.345 e. The zero-order chi connectivity index (χ0) is 31.1. The number of hydrogen-bond acceptors (Lipinski definition) is 6. The fraction of sp³-hybridized carbons (Fsp3) is 0.105. The molecular formula is C38H28O6. The average Bonchev–Trinajstić information content (AvgIpc) is 3.53. The van der Waals surface area contributed by atoms with E-state index in [0.717, 1.165) is 22.3 Å². The van der Waals surface area contributed by atoms with Gasteiger partial charge in [0, 0.05) is 22.3 Å². The van der Waals surface area contributed by atoms with Crippen LogP contribution in [0.5, 0.6) is 0 Å². The third kappa shape index (κ3) is 5.11. The molecule has 0 N–H and O–H groups in total. The van der Waals surface area contributed by atoms with Crippen molar-refractivity contribution >= 4 is 35.0 Å². The van der Waals surface area contributed by atoms with Crippen molar-refractivity contribution < 1.29 is 28.7 Å². The van der Waals surface area contributed by atoms with Crippen molar-refractivity contribution in [2.75, 3.05) is 0 Å². The molecule has 4 aromatic carbocycles. The molecule has 0 aromatic heterocycles. The van der Waals surface area contributed by atoms with Crippen LogP contribution in [0.1, 0.15) is 54.1 Å². The van der Waals surface area contributed by atoms with Crippen LogP contribution in [0.3, 0.4) is 0 Å². The molecule has 0 fully saturated rings. The monoisotopic (exact) mass is 580 g/mol. The van der Waals surface area contributed by atoms with Gasteiger partial charge >= 0.3 is 11.9 Å². The minimum Gasteiger partial charge on any atom is -0.421 e. The number of Topliss-reactive ketones (excluding diaryl/α,β-unsaturated/α-hetero) is 2. The largest absolute Gasteiger partial charge is 0.421 e. The molecule has 4 aromatic rings. The van der Waals surface area contributed by atoms with E-state index >= 15 is 0 Å². The van der Waals surface area contributed by atoms with Crippen LogP contribution in [-0.4, -0.2) is 23.5 Å². The number of esters is 2. The summed E-state index contributed by atoms with van der Waals surface area (Å²) in [5, 5.41) is 0. The first kappa shape index (κ1) is 28.5. The maximum atomic E-state index is 14.2. The Labute approximate surface area is 255 Å². The first-order valence-electron chi connectivity index (χ1n) is 14.2. The van der Waals surface area contributed by atoms with Gasteiger partial charge in [-0.2, -0.15) is 0 Å². The SMILES string of the molecule is Cc1ccc(C(=O)C2=C(c3ccc(C)cc3)OC(=O)/C2=C2\C(=O)OC(c3ccc(C)cc3)=C2C(=O)c2ccc(C)cc2)cc1. The molecule has 0 spiro atoms. The molecule has 6 nitrogen and oxygen atoms in total. The van der Waals surface area contributed by atoms with E-state index in [0.29, 0.717) is 22.3 Å². The Balaban J connectivity index is 1.66. The molecule has 0 unspecified atom stereocenters. The first-order valence-corrected chi connectivity index (χ1v) is 14.2. The highest BCUT2D eigenvalue weighted by Gasteiger charge is 2.46. The number of carbonyl (C=O) groups is 4. The van der Waals surface area contributed by atoms with Gasteiger partial charge in [0.25, 0.3) is 0 Å². The second kappa shape index (κ2) is 11.2. The van der Waals surface area contributed by atoms with Crippen LogP contribution in [0.15, 0.2) is 119 Å². The molecule has 6 rings (SSSR count). The number of carbonyl (C=O) groups excluding carboxylic acids is 4. The van der Waals surface area contributed by atoms with Crippen LogP contribution in [0.2, 0.25) is 0 Å². The normalized spacial score (nSPS) is 16.4. The summed E-state index contributed by atoms with van der Waals surface area (Å²) in [6.45, 7) is 7.63. The lowest BCUT2D eigenvalue weighted by Gasteiger charge is -2.09. The Morgan fingerprint density at radius 3 is 1.00 bits per heavy atom. The highest BCUT2D eigenvalue weighted by atomic mass is 16.6. The van der Waals surface area contributed by atoms with Crippen molar-refractivity contribution in [3.05, 3.63) is 164 Å². The molecule has 0 aliphatic carbocycles. The Bertz CT molecular complexity index is 1810. The van der Waals surface area contributed by atoms with Gasteiger partial charge in [-0.3, -0.25) is 9.59 Å². The number of cyclic esters (lactones) is 2. The lowest BCUT2D eigenvalue weighted by molar-refractivity contribution is -0.133. The van der Waals surface area contributed by atoms with E-state index in [1.807, 2.05) is 52.0 Å². The number of rotatable bonds is 6. The van der Waals surface area contributed by atoms with Crippen LogP contribution in [0.25, 0.3) is 11.5 Å². The lowest BCUT2D eigenvalue weighted by atomic mass is 9.86. The van der Waals surface area contributed by atoms with Gasteiger partial charge < -0.3 is 9.47 Å². The second-order valence-corrected chi connectivity index (χ2v) is 11.1. The summed E-state index contributed by atoms with van der Waals surface area (Å²) in [6.07, 6.45) is 0. The van der Waals surface area contributed by atoms with Crippen molar-refractivity contribution in [3.63, 3.8) is 0 Å². The van der Waals surface area contributed by atoms with Crippen molar-refractivity contribution in [3.8, 4) is 0 Å². The summed E-state index contributed by atoms with van der Waals surface area (Å²) in [7, 11) is 0. The Hall–Kier alpha value is -5.62. The van der Waals surface area contributed by atoms with E-state index in [1.165, 1.54) is 0 Å². The molecule has 44 heavy (non-hydrogen) atoms. The zero-order valence-corrected chi connectivity index (χ0v) is 24.7. The van der Waals surface area contributed by atoms with Crippen molar-refractivity contribution in [2.24, 2.45) is 0 Å². The third-order valence-corrected chi connectivity index (χ3v) is 7.71. The lowest BCUT2D eigenvalue weighted by Crippen LogP contribution is -2.16. The Kier molecular flexibility index (Phi) is 7.27. The molecule has 2 aliphatic rings. The number of ether oxygens (including phenoxy) is 2. The van der Waals surface area contributed by atoms with Crippen LogP contribution in [0, 0.1) is 27.7 Å². The highest BCUT2D eigenvalue weighted by Crippen LogP contribution is 2.44. The van der Waals surface area contributed by atoms with Crippen molar-refractivity contribution in [1.29, 1.82) is 0 Å². The van der Waals surface area contributed by atoms with Crippen LogP contribution < -0.4 is 0 Å². The van der Waals surface area contributed by atoms with Crippen molar-refractivity contribution in [2.45, 2.75) is 27.7 Å². The number of ketones is 2. The van der Waals surface area contributed by atoms with Gasteiger partial charge in [-0.25, -0.2) is 9.59 Å². The minimum atomic E-state index is -0.914. The molecule has 0 atom stereocenters. The summed E-state index contributed by atoms with van der Waals surface area (Å²) in [6, 6.07) is 28.1. The van der Waals surface area contributed by atoms with E-state index in [9.17, 15) is 19.2 Å². The molecule has 0 amide bonds. The first-order chi connectivity index (χ1) is 21.1. The number of hydrogen-bond donors (Lipinski definition) is 0. The van der Waals surface area contributed by atoms with Crippen LogP contribution in [0.4, 0.5) is 0 Å². The van der Waals surface area contributed by atoms with Gasteiger partial charge in [-0.15, -0.1) is 0 Å². The average molecular weight is 581 g/mol. The van der Waals surface area contributed by atoms with E-state index < -0.39 is 23.5 Å². The molecule has 0 saturated heterocycles. The molecule has 216 valence electrons. The van der Waals surface area contributed by atoms with Gasteiger partial charge in [0.15, 0.2) is 23.1 Å². The summed E-state index contributed by atoms with van der Waals surface area (Å²) >= 11 is 0. The van der Waals surface area contributed by atoms with E-state index in [1.54, 1.807) is 72.8 Å². The Morgan fingerprint density at radius 1 is 0.432 bits per heavy atom. The van der Waals surface area contributed by atoms with E-state index in [4.69, 9.17) is 9.47 Å². The molecule has 2 heterocycles. The molecule has 0 radical (unpaired) electrons. The molecule has 6 heteroatoms. The summed E-state index contributed by atoms with van der Waals surface area (Å²) in [5.74, 6) is -2.84. The van der Waals surface area contributed by atoms with Crippen molar-refractivity contribution in [1.82, 2.24) is 0 Å². The summed E-state index contributed by atoms with van der Waals surface area (Å²) in [4.78, 5) is 56.0.